The van der Waals surface area contributed by atoms with Crippen molar-refractivity contribution in [3.63, 3.8) is 0 Å². The van der Waals surface area contributed by atoms with Crippen LogP contribution >= 0.6 is 0 Å². The molecular formula is C8H18N2. The van der Waals surface area contributed by atoms with Crippen LogP contribution in [-0.2, 0) is 0 Å². The van der Waals surface area contributed by atoms with E-state index in [1.807, 2.05) is 6.08 Å². The summed E-state index contributed by atoms with van der Waals surface area (Å²) in [7, 11) is 0. The molecule has 0 atom stereocenters. The molecule has 0 radical (unpaired) electrons. The SMILES string of the molecule is CCC(C)(C)/C=C(/N)CN. The number of nitrogens with two attached hydrogens (primary N) is 2. The van der Waals surface area contributed by atoms with Crippen LogP contribution in [0.4, 0.5) is 0 Å². The number of hydrogen-bond donors (Lipinski definition) is 2. The van der Waals surface area contributed by atoms with Gasteiger partial charge < -0.3 is 11.5 Å². The summed E-state index contributed by atoms with van der Waals surface area (Å²) in [5, 5.41) is 0. The Morgan fingerprint density at radius 1 is 1.50 bits per heavy atom. The zero-order valence-electron chi connectivity index (χ0n) is 7.15. The largest absolute Gasteiger partial charge is 0.401 e. The Morgan fingerprint density at radius 3 is 2.30 bits per heavy atom. The number of hydrogen-bond acceptors (Lipinski definition) is 2. The zero-order chi connectivity index (χ0) is 8.20. The lowest BCUT2D eigenvalue weighted by atomic mass is 9.89. The third-order valence-electron chi connectivity index (χ3n) is 1.72. The van der Waals surface area contributed by atoms with Crippen LogP contribution in [0.3, 0.4) is 0 Å². The van der Waals surface area contributed by atoms with E-state index in [4.69, 9.17) is 11.5 Å². The van der Waals surface area contributed by atoms with Crippen LogP contribution in [0.15, 0.2) is 11.8 Å². The van der Waals surface area contributed by atoms with Crippen molar-refractivity contribution in [1.82, 2.24) is 0 Å². The Hall–Kier alpha value is -0.500. The van der Waals surface area contributed by atoms with Gasteiger partial charge in [0.15, 0.2) is 0 Å². The van der Waals surface area contributed by atoms with Gasteiger partial charge in [-0.05, 0) is 11.8 Å². The molecule has 2 heteroatoms. The van der Waals surface area contributed by atoms with Crippen molar-refractivity contribution in [2.45, 2.75) is 27.2 Å². The maximum absolute atomic E-state index is 5.57. The Balaban J connectivity index is 4.09. The zero-order valence-corrected chi connectivity index (χ0v) is 7.15. The smallest absolute Gasteiger partial charge is 0.0323 e. The standard InChI is InChI=1S/C8H18N2/c1-4-8(2,3)5-7(10)6-9/h5H,4,6,9-10H2,1-3H3/b7-5+. The first kappa shape index (κ1) is 9.50. The molecular weight excluding hydrogens is 124 g/mol. The Morgan fingerprint density at radius 2 is 2.00 bits per heavy atom. The predicted octanol–water partition coefficient (Wildman–Crippen LogP) is 1.22. The van der Waals surface area contributed by atoms with Gasteiger partial charge >= 0.3 is 0 Å². The van der Waals surface area contributed by atoms with Crippen LogP contribution in [0.25, 0.3) is 0 Å². The van der Waals surface area contributed by atoms with Gasteiger partial charge in [0, 0.05) is 12.2 Å². The predicted molar refractivity (Wildman–Crippen MR) is 45.4 cm³/mol. The van der Waals surface area contributed by atoms with Crippen LogP contribution in [0.5, 0.6) is 0 Å². The van der Waals surface area contributed by atoms with Crippen LogP contribution in [0, 0.1) is 5.41 Å². The molecule has 60 valence electrons. The van der Waals surface area contributed by atoms with Gasteiger partial charge in [0.25, 0.3) is 0 Å². The van der Waals surface area contributed by atoms with Gasteiger partial charge in [-0.3, -0.25) is 0 Å². The quantitative estimate of drug-likeness (QED) is 0.622. The summed E-state index contributed by atoms with van der Waals surface area (Å²) < 4.78 is 0. The van der Waals surface area contributed by atoms with E-state index in [9.17, 15) is 0 Å². The second-order valence-electron chi connectivity index (χ2n) is 3.27. The van der Waals surface area contributed by atoms with Crippen molar-refractivity contribution >= 4 is 0 Å². The molecule has 0 aromatic rings. The molecule has 4 N–H and O–H groups in total. The summed E-state index contributed by atoms with van der Waals surface area (Å²) in [4.78, 5) is 0. The summed E-state index contributed by atoms with van der Waals surface area (Å²) in [6.45, 7) is 6.90. The minimum atomic E-state index is 0.198. The van der Waals surface area contributed by atoms with Crippen LogP contribution in [-0.4, -0.2) is 6.54 Å². The summed E-state index contributed by atoms with van der Waals surface area (Å²) in [5.41, 5.74) is 11.9. The highest BCUT2D eigenvalue weighted by Gasteiger charge is 2.10. The third-order valence-corrected chi connectivity index (χ3v) is 1.72. The molecule has 2 nitrogen and oxygen atoms in total. The normalized spacial score (nSPS) is 13.8. The van der Waals surface area contributed by atoms with Gasteiger partial charge in [-0.2, -0.15) is 0 Å². The molecule has 0 saturated carbocycles. The van der Waals surface area contributed by atoms with E-state index in [2.05, 4.69) is 20.8 Å². The fourth-order valence-corrected chi connectivity index (χ4v) is 0.663. The van der Waals surface area contributed by atoms with Crippen molar-refractivity contribution in [1.29, 1.82) is 0 Å². The highest BCUT2D eigenvalue weighted by molar-refractivity contribution is 5.04. The monoisotopic (exact) mass is 142 g/mol. The van der Waals surface area contributed by atoms with Crippen molar-refractivity contribution in [2.24, 2.45) is 16.9 Å². The molecule has 0 amide bonds. The van der Waals surface area contributed by atoms with Crippen LogP contribution < -0.4 is 11.5 Å². The topological polar surface area (TPSA) is 52.0 Å². The summed E-state index contributed by atoms with van der Waals surface area (Å²) in [6, 6.07) is 0. The van der Waals surface area contributed by atoms with E-state index in [0.29, 0.717) is 6.54 Å². The van der Waals surface area contributed by atoms with Crippen LogP contribution in [0.2, 0.25) is 0 Å². The summed E-state index contributed by atoms with van der Waals surface area (Å²) in [5.74, 6) is 0. The first-order chi connectivity index (χ1) is 4.52. The highest BCUT2D eigenvalue weighted by Crippen LogP contribution is 2.21. The van der Waals surface area contributed by atoms with Crippen molar-refractivity contribution in [2.75, 3.05) is 6.54 Å². The minimum Gasteiger partial charge on any atom is -0.401 e. The molecule has 0 unspecified atom stereocenters. The molecule has 0 aliphatic heterocycles. The third kappa shape index (κ3) is 3.51. The minimum absolute atomic E-state index is 0.198. The maximum Gasteiger partial charge on any atom is 0.0323 e. The molecule has 0 rings (SSSR count). The van der Waals surface area contributed by atoms with Crippen molar-refractivity contribution in [3.8, 4) is 0 Å². The van der Waals surface area contributed by atoms with Crippen molar-refractivity contribution in [3.05, 3.63) is 11.8 Å². The number of rotatable bonds is 3. The molecule has 0 fully saturated rings. The number of allylic oxidation sites excluding steroid dienone is 1. The fraction of sp³-hybridized carbons (Fsp3) is 0.750. The van der Waals surface area contributed by atoms with Gasteiger partial charge in [-0.25, -0.2) is 0 Å². The highest BCUT2D eigenvalue weighted by atomic mass is 14.7. The average Bonchev–Trinajstić information content (AvgIpc) is 1.87. The van der Waals surface area contributed by atoms with Gasteiger partial charge in [0.2, 0.25) is 0 Å². The molecule has 0 aromatic heterocycles. The van der Waals surface area contributed by atoms with E-state index < -0.39 is 0 Å². The van der Waals surface area contributed by atoms with Gasteiger partial charge in [-0.15, -0.1) is 0 Å². The van der Waals surface area contributed by atoms with E-state index >= 15 is 0 Å². The van der Waals surface area contributed by atoms with Gasteiger partial charge in [0.05, 0.1) is 0 Å². The molecule has 0 spiro atoms. The lowest BCUT2D eigenvalue weighted by molar-refractivity contribution is 0.458. The van der Waals surface area contributed by atoms with Crippen LogP contribution in [0.1, 0.15) is 27.2 Å². The molecule has 0 bridgehead atoms. The molecule has 0 aliphatic carbocycles. The van der Waals surface area contributed by atoms with E-state index in [1.54, 1.807) is 0 Å². The molecule has 0 aromatic carbocycles. The Bertz CT molecular complexity index is 125. The second kappa shape index (κ2) is 3.62. The lowest BCUT2D eigenvalue weighted by Crippen LogP contribution is -2.16. The van der Waals surface area contributed by atoms with E-state index in [-0.39, 0.29) is 5.41 Å². The van der Waals surface area contributed by atoms with Gasteiger partial charge in [-0.1, -0.05) is 26.8 Å². The Kier molecular flexibility index (Phi) is 3.43. The van der Waals surface area contributed by atoms with E-state index in [0.717, 1.165) is 12.1 Å². The molecule has 0 saturated heterocycles. The first-order valence-corrected chi connectivity index (χ1v) is 3.69. The molecule has 10 heavy (non-hydrogen) atoms. The molecule has 0 heterocycles. The summed E-state index contributed by atoms with van der Waals surface area (Å²) >= 11 is 0. The lowest BCUT2D eigenvalue weighted by Gasteiger charge is -2.17. The first-order valence-electron chi connectivity index (χ1n) is 3.69. The fourth-order valence-electron chi connectivity index (χ4n) is 0.663. The maximum atomic E-state index is 5.57. The van der Waals surface area contributed by atoms with Crippen molar-refractivity contribution < 1.29 is 0 Å². The second-order valence-corrected chi connectivity index (χ2v) is 3.27. The van der Waals surface area contributed by atoms with E-state index in [1.165, 1.54) is 0 Å². The Labute approximate surface area is 63.3 Å². The summed E-state index contributed by atoms with van der Waals surface area (Å²) in [6.07, 6.45) is 3.13. The average molecular weight is 142 g/mol. The molecule has 0 aliphatic rings. The van der Waals surface area contributed by atoms with Gasteiger partial charge in [0.1, 0.15) is 0 Å².